The second-order valence-corrected chi connectivity index (χ2v) is 6.22. The number of rotatable bonds is 5. The van der Waals surface area contributed by atoms with Crippen molar-refractivity contribution < 1.29 is 9.21 Å². The molecule has 0 bridgehead atoms. The van der Waals surface area contributed by atoms with Crippen molar-refractivity contribution >= 4 is 5.91 Å². The first-order chi connectivity index (χ1) is 10.5. The van der Waals surface area contributed by atoms with E-state index in [1.807, 2.05) is 55.5 Å². The molecule has 2 heterocycles. The summed E-state index contributed by atoms with van der Waals surface area (Å²) in [6.07, 6.45) is 3.80. The summed E-state index contributed by atoms with van der Waals surface area (Å²) < 4.78 is 7.32. The molecule has 0 unspecified atom stereocenters. The number of furan rings is 1. The van der Waals surface area contributed by atoms with Gasteiger partial charge in [0.2, 0.25) is 5.91 Å². The lowest BCUT2D eigenvalue weighted by molar-refractivity contribution is -0.138. The molecule has 0 radical (unpaired) electrons. The maximum atomic E-state index is 13.0. The van der Waals surface area contributed by atoms with E-state index < -0.39 is 0 Å². The smallest absolute Gasteiger partial charge is 0.248 e. The molecule has 0 aromatic carbocycles. The van der Waals surface area contributed by atoms with Gasteiger partial charge in [0, 0.05) is 11.7 Å². The van der Waals surface area contributed by atoms with Crippen molar-refractivity contribution in [3.63, 3.8) is 0 Å². The second-order valence-electron chi connectivity index (χ2n) is 6.22. The number of amides is 1. The molecule has 22 heavy (non-hydrogen) atoms. The zero-order chi connectivity index (χ0) is 15.9. The van der Waals surface area contributed by atoms with Crippen LogP contribution in [0, 0.1) is 13.8 Å². The number of carbonyl (C=O) groups is 1. The van der Waals surface area contributed by atoms with Crippen LogP contribution in [0.25, 0.3) is 0 Å². The van der Waals surface area contributed by atoms with Crippen LogP contribution in [0.5, 0.6) is 0 Å². The molecule has 5 heteroatoms. The summed E-state index contributed by atoms with van der Waals surface area (Å²) in [7, 11) is 0. The highest BCUT2D eigenvalue weighted by Crippen LogP contribution is 2.36. The van der Waals surface area contributed by atoms with Crippen LogP contribution < -0.4 is 0 Å². The number of aromatic nitrogens is 2. The van der Waals surface area contributed by atoms with Gasteiger partial charge in [0.05, 0.1) is 18.0 Å². The molecule has 118 valence electrons. The summed E-state index contributed by atoms with van der Waals surface area (Å²) in [5.74, 6) is 0.943. The Hall–Kier alpha value is -2.04. The van der Waals surface area contributed by atoms with E-state index in [9.17, 15) is 4.79 Å². The van der Waals surface area contributed by atoms with Gasteiger partial charge in [0.25, 0.3) is 0 Å². The molecule has 0 aliphatic heterocycles. The lowest BCUT2D eigenvalue weighted by atomic mass is 10.1. The fraction of sp³-hybridized carbons (Fsp3) is 0.529. The molecular weight excluding hydrogens is 278 g/mol. The first kappa shape index (κ1) is 14.9. The van der Waals surface area contributed by atoms with Crippen LogP contribution in [-0.2, 0) is 4.79 Å². The Morgan fingerprint density at radius 3 is 2.64 bits per heavy atom. The van der Waals surface area contributed by atoms with E-state index in [1.165, 1.54) is 0 Å². The van der Waals surface area contributed by atoms with E-state index in [1.54, 1.807) is 6.26 Å². The van der Waals surface area contributed by atoms with Gasteiger partial charge in [-0.05, 0) is 58.7 Å². The van der Waals surface area contributed by atoms with Crippen LogP contribution in [0.4, 0.5) is 0 Å². The van der Waals surface area contributed by atoms with Gasteiger partial charge < -0.3 is 9.32 Å². The fourth-order valence-electron chi connectivity index (χ4n) is 3.06. The molecule has 1 saturated carbocycles. The number of nitrogens with zero attached hydrogens (tertiary/aromatic N) is 3. The molecule has 0 spiro atoms. The van der Waals surface area contributed by atoms with Gasteiger partial charge in [-0.2, -0.15) is 5.10 Å². The molecular formula is C17H23N3O2. The summed E-state index contributed by atoms with van der Waals surface area (Å²) in [5, 5.41) is 4.46. The van der Waals surface area contributed by atoms with E-state index in [-0.39, 0.29) is 18.0 Å². The van der Waals surface area contributed by atoms with E-state index >= 15 is 0 Å². The first-order valence-electron chi connectivity index (χ1n) is 7.87. The Bertz CT molecular complexity index is 656. The molecule has 2 aromatic rings. The highest BCUT2D eigenvalue weighted by molar-refractivity contribution is 5.81. The monoisotopic (exact) mass is 301 g/mol. The normalized spacial score (nSPS) is 17.3. The Kier molecular flexibility index (Phi) is 3.81. The van der Waals surface area contributed by atoms with Crippen LogP contribution in [0.15, 0.2) is 28.9 Å². The molecule has 1 aliphatic carbocycles. The van der Waals surface area contributed by atoms with Gasteiger partial charge in [-0.3, -0.25) is 9.48 Å². The molecule has 5 nitrogen and oxygen atoms in total. The topological polar surface area (TPSA) is 51.3 Å². The predicted molar refractivity (Wildman–Crippen MR) is 83.4 cm³/mol. The summed E-state index contributed by atoms with van der Waals surface area (Å²) >= 11 is 0. The summed E-state index contributed by atoms with van der Waals surface area (Å²) in [5.41, 5.74) is 1.95. The standard InChI is InChI=1S/C17H23N3O2/c1-11-10-12(2)20(18-11)14(4)17(21)19(15-7-8-15)13(3)16-6-5-9-22-16/h5-6,9-10,13-15H,7-8H2,1-4H3/t13-,14-/m0/s1. The minimum atomic E-state index is -0.299. The zero-order valence-electron chi connectivity index (χ0n) is 13.6. The highest BCUT2D eigenvalue weighted by atomic mass is 16.3. The third-order valence-corrected chi connectivity index (χ3v) is 4.34. The Balaban J connectivity index is 1.85. The van der Waals surface area contributed by atoms with Crippen molar-refractivity contribution in [3.05, 3.63) is 41.6 Å². The van der Waals surface area contributed by atoms with E-state index in [0.717, 1.165) is 30.0 Å². The van der Waals surface area contributed by atoms with Crippen molar-refractivity contribution in [1.29, 1.82) is 0 Å². The van der Waals surface area contributed by atoms with Crippen LogP contribution in [0.2, 0.25) is 0 Å². The van der Waals surface area contributed by atoms with E-state index in [4.69, 9.17) is 4.42 Å². The molecule has 0 saturated heterocycles. The van der Waals surface area contributed by atoms with Crippen molar-refractivity contribution in [3.8, 4) is 0 Å². The third-order valence-electron chi connectivity index (χ3n) is 4.34. The lowest BCUT2D eigenvalue weighted by Gasteiger charge is -2.31. The summed E-state index contributed by atoms with van der Waals surface area (Å²) in [6.45, 7) is 7.89. The lowest BCUT2D eigenvalue weighted by Crippen LogP contribution is -2.40. The maximum absolute atomic E-state index is 13.0. The molecule has 1 fully saturated rings. The fourth-order valence-corrected chi connectivity index (χ4v) is 3.06. The molecule has 1 amide bonds. The quantitative estimate of drug-likeness (QED) is 0.850. The van der Waals surface area contributed by atoms with Crippen LogP contribution in [0.1, 0.15) is 55.9 Å². The van der Waals surface area contributed by atoms with Gasteiger partial charge in [-0.25, -0.2) is 0 Å². The molecule has 3 rings (SSSR count). The minimum absolute atomic E-state index is 0.0468. The van der Waals surface area contributed by atoms with Gasteiger partial charge in [0.1, 0.15) is 11.8 Å². The SMILES string of the molecule is Cc1cc(C)n([C@@H](C)C(=O)N(C2CC2)[C@@H](C)c2ccco2)n1. The van der Waals surface area contributed by atoms with Crippen LogP contribution >= 0.6 is 0 Å². The number of carbonyl (C=O) groups excluding carboxylic acids is 1. The van der Waals surface area contributed by atoms with Crippen molar-refractivity contribution in [2.75, 3.05) is 0 Å². The largest absolute Gasteiger partial charge is 0.467 e. The van der Waals surface area contributed by atoms with Crippen molar-refractivity contribution in [2.45, 2.75) is 58.7 Å². The Morgan fingerprint density at radius 1 is 1.41 bits per heavy atom. The minimum Gasteiger partial charge on any atom is -0.467 e. The molecule has 0 N–H and O–H groups in total. The van der Waals surface area contributed by atoms with Crippen LogP contribution in [0.3, 0.4) is 0 Å². The van der Waals surface area contributed by atoms with Gasteiger partial charge in [-0.1, -0.05) is 0 Å². The van der Waals surface area contributed by atoms with E-state index in [2.05, 4.69) is 5.10 Å². The first-order valence-corrected chi connectivity index (χ1v) is 7.87. The van der Waals surface area contributed by atoms with Crippen molar-refractivity contribution in [2.24, 2.45) is 0 Å². The Labute approximate surface area is 130 Å². The average molecular weight is 301 g/mol. The van der Waals surface area contributed by atoms with Gasteiger partial charge >= 0.3 is 0 Å². The zero-order valence-corrected chi connectivity index (χ0v) is 13.6. The number of hydrogen-bond donors (Lipinski definition) is 0. The molecule has 2 aromatic heterocycles. The third kappa shape index (κ3) is 2.67. The average Bonchev–Trinajstić information content (AvgIpc) is 3.03. The van der Waals surface area contributed by atoms with Crippen molar-refractivity contribution in [1.82, 2.24) is 14.7 Å². The van der Waals surface area contributed by atoms with E-state index in [0.29, 0.717) is 6.04 Å². The van der Waals surface area contributed by atoms with Gasteiger partial charge in [-0.15, -0.1) is 0 Å². The number of hydrogen-bond acceptors (Lipinski definition) is 3. The van der Waals surface area contributed by atoms with Crippen LogP contribution in [-0.4, -0.2) is 26.6 Å². The Morgan fingerprint density at radius 2 is 2.14 bits per heavy atom. The summed E-state index contributed by atoms with van der Waals surface area (Å²) in [6, 6.07) is 5.78. The summed E-state index contributed by atoms with van der Waals surface area (Å²) in [4.78, 5) is 15.0. The maximum Gasteiger partial charge on any atom is 0.248 e. The second kappa shape index (κ2) is 5.63. The predicted octanol–water partition coefficient (Wildman–Crippen LogP) is 3.41. The number of aryl methyl sites for hydroxylation is 2. The highest BCUT2D eigenvalue weighted by Gasteiger charge is 2.39. The van der Waals surface area contributed by atoms with Gasteiger partial charge in [0.15, 0.2) is 0 Å². The molecule has 2 atom stereocenters. The molecule has 1 aliphatic rings.